The highest BCUT2D eigenvalue weighted by atomic mass is 16.4. The molecule has 2 aliphatic rings. The van der Waals surface area contributed by atoms with E-state index >= 15 is 0 Å². The lowest BCUT2D eigenvalue weighted by Gasteiger charge is -2.31. The number of aliphatic carboxylic acids is 1. The molecule has 0 aromatic carbocycles. The van der Waals surface area contributed by atoms with Gasteiger partial charge in [-0.25, -0.2) is 0 Å². The Morgan fingerprint density at radius 1 is 1.40 bits per heavy atom. The first-order chi connectivity index (χ1) is 9.11. The summed E-state index contributed by atoms with van der Waals surface area (Å²) in [6.07, 6.45) is 4.30. The Kier molecular flexibility index (Phi) is 3.60. The highest BCUT2D eigenvalue weighted by Gasteiger charge is 2.63. The van der Waals surface area contributed by atoms with Gasteiger partial charge in [0.15, 0.2) is 5.78 Å². The van der Waals surface area contributed by atoms with Crippen LogP contribution in [0.25, 0.3) is 0 Å². The van der Waals surface area contributed by atoms with Crippen molar-refractivity contribution >= 4 is 11.8 Å². The van der Waals surface area contributed by atoms with E-state index in [0.29, 0.717) is 12.3 Å². The quantitative estimate of drug-likeness (QED) is 0.798. The van der Waals surface area contributed by atoms with Crippen molar-refractivity contribution in [1.82, 2.24) is 0 Å². The van der Waals surface area contributed by atoms with E-state index in [1.165, 1.54) is 0 Å². The molecule has 3 heteroatoms. The van der Waals surface area contributed by atoms with Gasteiger partial charge in [-0.05, 0) is 42.1 Å². The summed E-state index contributed by atoms with van der Waals surface area (Å²) in [6, 6.07) is 0. The Balaban J connectivity index is 2.36. The van der Waals surface area contributed by atoms with Crippen LogP contribution in [-0.4, -0.2) is 16.9 Å². The van der Waals surface area contributed by atoms with Gasteiger partial charge in [-0.2, -0.15) is 0 Å². The normalized spacial score (nSPS) is 35.0. The number of carbonyl (C=O) groups is 2. The van der Waals surface area contributed by atoms with E-state index in [-0.39, 0.29) is 22.5 Å². The van der Waals surface area contributed by atoms with E-state index in [1.807, 2.05) is 20.8 Å². The van der Waals surface area contributed by atoms with Gasteiger partial charge in [0.05, 0.1) is 5.92 Å². The van der Waals surface area contributed by atoms with Crippen LogP contribution in [0.1, 0.15) is 53.9 Å². The number of Topliss-reactive ketones (excluding diaryl/α,β-unsaturated/α-hetero) is 1. The summed E-state index contributed by atoms with van der Waals surface area (Å²) in [7, 11) is 0. The van der Waals surface area contributed by atoms with Crippen LogP contribution in [-0.2, 0) is 9.59 Å². The van der Waals surface area contributed by atoms with Gasteiger partial charge < -0.3 is 5.11 Å². The van der Waals surface area contributed by atoms with Crippen molar-refractivity contribution in [2.45, 2.75) is 53.9 Å². The van der Waals surface area contributed by atoms with Crippen LogP contribution in [0.2, 0.25) is 0 Å². The summed E-state index contributed by atoms with van der Waals surface area (Å²) in [5.74, 6) is -0.620. The standard InChI is InChI=1S/C17H26O3/c1-10(2)8-11(15(19)20)9-12-13-6-7-17(5,14(12)18)16(13,3)4/h9-11,13H,6-8H2,1-5H3,(H,19,20)/b12-9+/t11-,13+,17-/m1/s1. The number of hydrogen-bond acceptors (Lipinski definition) is 2. The molecule has 20 heavy (non-hydrogen) atoms. The molecule has 0 aromatic rings. The summed E-state index contributed by atoms with van der Waals surface area (Å²) in [6.45, 7) is 10.4. The third-order valence-electron chi connectivity index (χ3n) is 5.79. The van der Waals surface area contributed by atoms with Crippen LogP contribution >= 0.6 is 0 Å². The van der Waals surface area contributed by atoms with Gasteiger partial charge in [0.1, 0.15) is 0 Å². The molecule has 0 amide bonds. The van der Waals surface area contributed by atoms with Crippen molar-refractivity contribution in [3.8, 4) is 0 Å². The summed E-state index contributed by atoms with van der Waals surface area (Å²) in [5, 5.41) is 9.38. The van der Waals surface area contributed by atoms with Crippen molar-refractivity contribution in [2.75, 3.05) is 0 Å². The zero-order valence-corrected chi connectivity index (χ0v) is 13.2. The molecule has 112 valence electrons. The fourth-order valence-electron chi connectivity index (χ4n) is 4.08. The summed E-state index contributed by atoms with van der Waals surface area (Å²) >= 11 is 0. The molecule has 2 aliphatic carbocycles. The average molecular weight is 278 g/mol. The monoisotopic (exact) mass is 278 g/mol. The molecule has 3 nitrogen and oxygen atoms in total. The molecule has 2 saturated carbocycles. The Morgan fingerprint density at radius 2 is 2.00 bits per heavy atom. The van der Waals surface area contributed by atoms with E-state index in [9.17, 15) is 14.7 Å². The molecule has 0 spiro atoms. The minimum absolute atomic E-state index is 0.0448. The van der Waals surface area contributed by atoms with Gasteiger partial charge in [-0.3, -0.25) is 9.59 Å². The van der Waals surface area contributed by atoms with Crippen LogP contribution in [0.4, 0.5) is 0 Å². The van der Waals surface area contributed by atoms with E-state index in [4.69, 9.17) is 0 Å². The maximum Gasteiger partial charge on any atom is 0.310 e. The predicted octanol–water partition coefficient (Wildman–Crippen LogP) is 3.68. The largest absolute Gasteiger partial charge is 0.481 e. The second kappa shape index (κ2) is 4.71. The van der Waals surface area contributed by atoms with Crippen molar-refractivity contribution in [1.29, 1.82) is 0 Å². The number of hydrogen-bond donors (Lipinski definition) is 1. The van der Waals surface area contributed by atoms with Crippen LogP contribution < -0.4 is 0 Å². The molecule has 0 aliphatic heterocycles. The molecule has 0 saturated heterocycles. The van der Waals surface area contributed by atoms with Crippen LogP contribution in [0.5, 0.6) is 0 Å². The molecule has 0 aromatic heterocycles. The molecule has 0 radical (unpaired) electrons. The summed E-state index contributed by atoms with van der Waals surface area (Å²) in [5.41, 5.74) is 0.443. The van der Waals surface area contributed by atoms with Crippen LogP contribution in [0.15, 0.2) is 11.6 Å². The van der Waals surface area contributed by atoms with Gasteiger partial charge in [-0.15, -0.1) is 0 Å². The van der Waals surface area contributed by atoms with Gasteiger partial charge in [0.2, 0.25) is 0 Å². The molecular weight excluding hydrogens is 252 g/mol. The number of carboxylic acid groups (broad SMARTS) is 1. The number of rotatable bonds is 4. The number of ketones is 1. The molecule has 3 atom stereocenters. The predicted molar refractivity (Wildman–Crippen MR) is 78.3 cm³/mol. The van der Waals surface area contributed by atoms with Gasteiger partial charge in [-0.1, -0.05) is 40.7 Å². The van der Waals surface area contributed by atoms with Crippen molar-refractivity contribution in [3.05, 3.63) is 11.6 Å². The molecule has 0 heterocycles. The Morgan fingerprint density at radius 3 is 2.40 bits per heavy atom. The first kappa shape index (κ1) is 15.3. The lowest BCUT2D eigenvalue weighted by atomic mass is 9.70. The molecule has 2 fully saturated rings. The summed E-state index contributed by atoms with van der Waals surface area (Å²) in [4.78, 5) is 24.1. The Bertz CT molecular complexity index is 473. The van der Waals surface area contributed by atoms with E-state index < -0.39 is 11.9 Å². The number of carboxylic acids is 1. The third-order valence-corrected chi connectivity index (χ3v) is 5.79. The van der Waals surface area contributed by atoms with Crippen molar-refractivity contribution in [2.24, 2.45) is 28.6 Å². The number of carbonyl (C=O) groups excluding carboxylic acids is 1. The van der Waals surface area contributed by atoms with E-state index in [2.05, 4.69) is 13.8 Å². The average Bonchev–Trinajstić information content (AvgIpc) is 2.62. The topological polar surface area (TPSA) is 54.4 Å². The fourth-order valence-corrected chi connectivity index (χ4v) is 4.08. The van der Waals surface area contributed by atoms with Gasteiger partial charge in [0, 0.05) is 5.41 Å². The SMILES string of the molecule is CC(C)C[C@H](/C=C1/C(=O)[C@@]2(C)CC[C@@H]1C2(C)C)C(=O)O. The second-order valence-corrected chi connectivity index (χ2v) is 7.67. The van der Waals surface area contributed by atoms with Crippen molar-refractivity contribution < 1.29 is 14.7 Å². The number of fused-ring (bicyclic) bond motifs is 2. The smallest absolute Gasteiger partial charge is 0.310 e. The molecule has 2 rings (SSSR count). The highest BCUT2D eigenvalue weighted by molar-refractivity contribution is 6.05. The highest BCUT2D eigenvalue weighted by Crippen LogP contribution is 2.65. The minimum Gasteiger partial charge on any atom is -0.481 e. The zero-order chi connectivity index (χ0) is 15.3. The Hall–Kier alpha value is -1.12. The van der Waals surface area contributed by atoms with Gasteiger partial charge in [0.25, 0.3) is 0 Å². The Labute approximate surface area is 121 Å². The molecule has 1 N–H and O–H groups in total. The van der Waals surface area contributed by atoms with Gasteiger partial charge >= 0.3 is 5.97 Å². The molecule has 2 bridgehead atoms. The fraction of sp³-hybridized carbons (Fsp3) is 0.765. The first-order valence-electron chi connectivity index (χ1n) is 7.60. The molecule has 0 unspecified atom stereocenters. The number of allylic oxidation sites excluding steroid dienone is 1. The maximum atomic E-state index is 12.7. The third kappa shape index (κ3) is 2.02. The molecular formula is C17H26O3. The zero-order valence-electron chi connectivity index (χ0n) is 13.2. The van der Waals surface area contributed by atoms with Crippen molar-refractivity contribution in [3.63, 3.8) is 0 Å². The van der Waals surface area contributed by atoms with Crippen LogP contribution in [0.3, 0.4) is 0 Å². The lowest BCUT2D eigenvalue weighted by Crippen LogP contribution is -2.32. The van der Waals surface area contributed by atoms with Crippen LogP contribution in [0, 0.1) is 28.6 Å². The van der Waals surface area contributed by atoms with E-state index in [1.54, 1.807) is 6.08 Å². The second-order valence-electron chi connectivity index (χ2n) is 7.67. The maximum absolute atomic E-state index is 12.7. The lowest BCUT2D eigenvalue weighted by molar-refractivity contribution is -0.140. The van der Waals surface area contributed by atoms with E-state index in [0.717, 1.165) is 18.4 Å². The minimum atomic E-state index is -0.815. The first-order valence-corrected chi connectivity index (χ1v) is 7.60. The summed E-state index contributed by atoms with van der Waals surface area (Å²) < 4.78 is 0.